The van der Waals surface area contributed by atoms with Gasteiger partial charge in [-0.05, 0) is 38.1 Å². The van der Waals surface area contributed by atoms with Crippen molar-refractivity contribution in [1.29, 1.82) is 0 Å². The van der Waals surface area contributed by atoms with Gasteiger partial charge in [-0.1, -0.05) is 20.3 Å². The Bertz CT molecular complexity index is 184. The minimum Gasteiger partial charge on any atom is -0.314 e. The van der Waals surface area contributed by atoms with E-state index in [1.807, 2.05) is 0 Å². The number of hydrogen-bond donors (Lipinski definition) is 1. The average molecular weight is 233 g/mol. The van der Waals surface area contributed by atoms with E-state index in [4.69, 9.17) is 0 Å². The van der Waals surface area contributed by atoms with Crippen molar-refractivity contribution < 1.29 is 8.78 Å². The van der Waals surface area contributed by atoms with Crippen molar-refractivity contribution >= 4 is 0 Å². The van der Waals surface area contributed by atoms with Crippen LogP contribution in [0.15, 0.2) is 0 Å². The first kappa shape index (κ1) is 13.9. The SMILES string of the molecule is CCCNC(CCC)C1CCC(F)(F)CC1. The molecular formula is C13H25F2N. The van der Waals surface area contributed by atoms with Gasteiger partial charge in [0.25, 0.3) is 0 Å². The van der Waals surface area contributed by atoms with Gasteiger partial charge in [0.05, 0.1) is 0 Å². The molecule has 0 heterocycles. The second-order valence-electron chi connectivity index (χ2n) is 5.04. The molecule has 0 aromatic rings. The molecule has 0 aromatic heterocycles. The molecule has 0 spiro atoms. The fourth-order valence-electron chi connectivity index (χ4n) is 2.61. The molecule has 0 saturated heterocycles. The molecular weight excluding hydrogens is 208 g/mol. The lowest BCUT2D eigenvalue weighted by atomic mass is 9.80. The molecule has 1 rings (SSSR count). The highest BCUT2D eigenvalue weighted by atomic mass is 19.3. The molecule has 1 atom stereocenters. The van der Waals surface area contributed by atoms with Crippen LogP contribution in [0.25, 0.3) is 0 Å². The summed E-state index contributed by atoms with van der Waals surface area (Å²) in [6, 6.07) is 0.459. The van der Waals surface area contributed by atoms with Crippen LogP contribution in [0.2, 0.25) is 0 Å². The van der Waals surface area contributed by atoms with E-state index in [1.54, 1.807) is 0 Å². The van der Waals surface area contributed by atoms with E-state index in [1.165, 1.54) is 0 Å². The molecule has 1 N–H and O–H groups in total. The summed E-state index contributed by atoms with van der Waals surface area (Å²) in [6.07, 6.45) is 4.92. The Hall–Kier alpha value is -0.180. The molecule has 1 unspecified atom stereocenters. The Kier molecular flexibility index (Phi) is 5.67. The molecule has 1 aliphatic carbocycles. The van der Waals surface area contributed by atoms with E-state index in [0.29, 0.717) is 24.8 Å². The molecule has 0 aromatic carbocycles. The lowest BCUT2D eigenvalue weighted by molar-refractivity contribution is -0.0498. The summed E-state index contributed by atoms with van der Waals surface area (Å²) in [5.74, 6) is -1.93. The fourth-order valence-corrected chi connectivity index (χ4v) is 2.61. The summed E-state index contributed by atoms with van der Waals surface area (Å²) in [6.45, 7) is 5.32. The Morgan fingerprint density at radius 2 is 1.81 bits per heavy atom. The number of alkyl halides is 2. The summed E-state index contributed by atoms with van der Waals surface area (Å²) >= 11 is 0. The zero-order valence-electron chi connectivity index (χ0n) is 10.6. The zero-order chi connectivity index (χ0) is 12.0. The van der Waals surface area contributed by atoms with Crippen LogP contribution in [0.1, 0.15) is 58.8 Å². The molecule has 0 amide bonds. The molecule has 16 heavy (non-hydrogen) atoms. The van der Waals surface area contributed by atoms with Crippen molar-refractivity contribution in [1.82, 2.24) is 5.32 Å². The van der Waals surface area contributed by atoms with E-state index in [0.717, 1.165) is 25.8 Å². The molecule has 1 nitrogen and oxygen atoms in total. The van der Waals surface area contributed by atoms with Gasteiger partial charge < -0.3 is 5.32 Å². The lowest BCUT2D eigenvalue weighted by Crippen LogP contribution is -2.40. The van der Waals surface area contributed by atoms with Crippen molar-refractivity contribution in [2.24, 2.45) is 5.92 Å². The van der Waals surface area contributed by atoms with Crippen molar-refractivity contribution in [3.05, 3.63) is 0 Å². The summed E-state index contributed by atoms with van der Waals surface area (Å²) < 4.78 is 26.1. The molecule has 0 bridgehead atoms. The molecule has 1 fully saturated rings. The average Bonchev–Trinajstić information content (AvgIpc) is 2.25. The van der Waals surface area contributed by atoms with E-state index in [-0.39, 0.29) is 12.8 Å². The van der Waals surface area contributed by atoms with Gasteiger partial charge in [0.1, 0.15) is 0 Å². The molecule has 0 radical (unpaired) electrons. The Morgan fingerprint density at radius 1 is 1.19 bits per heavy atom. The summed E-state index contributed by atoms with van der Waals surface area (Å²) in [5, 5.41) is 3.52. The van der Waals surface area contributed by atoms with Crippen molar-refractivity contribution in [3.8, 4) is 0 Å². The van der Waals surface area contributed by atoms with Gasteiger partial charge in [-0.25, -0.2) is 8.78 Å². The lowest BCUT2D eigenvalue weighted by Gasteiger charge is -2.34. The van der Waals surface area contributed by atoms with Crippen LogP contribution in [0.5, 0.6) is 0 Å². The third-order valence-corrected chi connectivity index (χ3v) is 3.59. The van der Waals surface area contributed by atoms with E-state index >= 15 is 0 Å². The number of hydrogen-bond acceptors (Lipinski definition) is 1. The first-order chi connectivity index (χ1) is 7.59. The van der Waals surface area contributed by atoms with Crippen molar-refractivity contribution in [2.75, 3.05) is 6.54 Å². The number of nitrogens with one attached hydrogen (secondary N) is 1. The van der Waals surface area contributed by atoms with Crippen LogP contribution in [0.4, 0.5) is 8.78 Å². The van der Waals surface area contributed by atoms with Crippen LogP contribution in [0.3, 0.4) is 0 Å². The zero-order valence-corrected chi connectivity index (χ0v) is 10.6. The predicted molar refractivity (Wildman–Crippen MR) is 63.9 cm³/mol. The summed E-state index contributed by atoms with van der Waals surface area (Å²) in [5.41, 5.74) is 0. The van der Waals surface area contributed by atoms with Gasteiger partial charge in [-0.15, -0.1) is 0 Å². The van der Waals surface area contributed by atoms with Gasteiger partial charge in [0.2, 0.25) is 5.92 Å². The topological polar surface area (TPSA) is 12.0 Å². The summed E-state index contributed by atoms with van der Waals surface area (Å²) in [4.78, 5) is 0. The van der Waals surface area contributed by atoms with E-state index in [9.17, 15) is 8.78 Å². The van der Waals surface area contributed by atoms with Gasteiger partial charge >= 0.3 is 0 Å². The highest BCUT2D eigenvalue weighted by Crippen LogP contribution is 2.38. The minimum atomic E-state index is -2.39. The van der Waals surface area contributed by atoms with Crippen LogP contribution in [0, 0.1) is 5.92 Å². The van der Waals surface area contributed by atoms with E-state index < -0.39 is 5.92 Å². The molecule has 0 aliphatic heterocycles. The molecule has 1 saturated carbocycles. The Balaban J connectivity index is 2.39. The van der Waals surface area contributed by atoms with Crippen LogP contribution >= 0.6 is 0 Å². The highest BCUT2D eigenvalue weighted by molar-refractivity contribution is 4.84. The monoisotopic (exact) mass is 233 g/mol. The molecule has 96 valence electrons. The predicted octanol–water partition coefficient (Wildman–Crippen LogP) is 3.98. The highest BCUT2D eigenvalue weighted by Gasteiger charge is 2.37. The largest absolute Gasteiger partial charge is 0.314 e. The second kappa shape index (κ2) is 6.53. The second-order valence-corrected chi connectivity index (χ2v) is 5.04. The van der Waals surface area contributed by atoms with Gasteiger partial charge in [-0.3, -0.25) is 0 Å². The number of rotatable bonds is 6. The van der Waals surface area contributed by atoms with Crippen molar-refractivity contribution in [2.45, 2.75) is 70.8 Å². The third kappa shape index (κ3) is 4.36. The first-order valence-electron chi connectivity index (χ1n) is 6.70. The fraction of sp³-hybridized carbons (Fsp3) is 1.00. The van der Waals surface area contributed by atoms with Crippen LogP contribution in [-0.2, 0) is 0 Å². The van der Waals surface area contributed by atoms with Gasteiger partial charge in [0.15, 0.2) is 0 Å². The third-order valence-electron chi connectivity index (χ3n) is 3.59. The maximum Gasteiger partial charge on any atom is 0.248 e. The smallest absolute Gasteiger partial charge is 0.248 e. The Labute approximate surface area is 98.0 Å². The molecule has 1 aliphatic rings. The maximum absolute atomic E-state index is 13.1. The first-order valence-corrected chi connectivity index (χ1v) is 6.70. The van der Waals surface area contributed by atoms with Crippen molar-refractivity contribution in [3.63, 3.8) is 0 Å². The van der Waals surface area contributed by atoms with Crippen LogP contribution < -0.4 is 5.32 Å². The molecule has 3 heteroatoms. The van der Waals surface area contributed by atoms with Gasteiger partial charge in [-0.2, -0.15) is 0 Å². The Morgan fingerprint density at radius 3 is 2.31 bits per heavy atom. The van der Waals surface area contributed by atoms with E-state index in [2.05, 4.69) is 19.2 Å². The van der Waals surface area contributed by atoms with Crippen LogP contribution in [-0.4, -0.2) is 18.5 Å². The standard InChI is InChI=1S/C13H25F2N/c1-3-5-12(16-10-4-2)11-6-8-13(14,15)9-7-11/h11-12,16H,3-10H2,1-2H3. The van der Waals surface area contributed by atoms with Gasteiger partial charge in [0, 0.05) is 18.9 Å². The quantitative estimate of drug-likeness (QED) is 0.731. The number of halogens is 2. The normalized spacial score (nSPS) is 23.2. The minimum absolute atomic E-state index is 0.0890. The summed E-state index contributed by atoms with van der Waals surface area (Å²) in [7, 11) is 0. The maximum atomic E-state index is 13.1.